The Bertz CT molecular complexity index is 705. The third-order valence-electron chi connectivity index (χ3n) is 2.94. The molecule has 0 aliphatic carbocycles. The average molecular weight is 399 g/mol. The zero-order valence-electron chi connectivity index (χ0n) is 12.7. The van der Waals surface area contributed by atoms with E-state index in [1.165, 1.54) is 18.2 Å². The molecule has 0 saturated carbocycles. The van der Waals surface area contributed by atoms with Crippen molar-refractivity contribution in [1.29, 1.82) is 0 Å². The summed E-state index contributed by atoms with van der Waals surface area (Å²) in [4.78, 5) is 23.3. The topological polar surface area (TPSA) is 80.6 Å². The van der Waals surface area contributed by atoms with Gasteiger partial charge in [0.1, 0.15) is 0 Å². The summed E-state index contributed by atoms with van der Waals surface area (Å²) in [6.07, 6.45) is 0.513. The summed E-state index contributed by atoms with van der Waals surface area (Å²) >= 11 is 3.09. The molecule has 2 rings (SSSR count). The number of hydrogen-bond donors (Lipinski definition) is 2. The molecule has 0 saturated heterocycles. The smallest absolute Gasteiger partial charge is 0.287 e. The third kappa shape index (κ3) is 5.69. The molecule has 0 bridgehead atoms. The average Bonchev–Trinajstić information content (AvgIpc) is 3.00. The van der Waals surface area contributed by atoms with Crippen molar-refractivity contribution in [3.8, 4) is 5.75 Å². The monoisotopic (exact) mass is 398 g/mol. The lowest BCUT2D eigenvalue weighted by Crippen LogP contribution is -2.37. The summed E-state index contributed by atoms with van der Waals surface area (Å²) in [6.45, 7) is 0.467. The largest absolute Gasteiger partial charge is 0.490 e. The number of hydrogen-bond acceptors (Lipinski definition) is 4. The third-order valence-corrected chi connectivity index (χ3v) is 3.37. The van der Waals surface area contributed by atoms with Gasteiger partial charge in [-0.3, -0.25) is 9.59 Å². The molecule has 8 heteroatoms. The van der Waals surface area contributed by atoms with Gasteiger partial charge < -0.3 is 19.8 Å². The van der Waals surface area contributed by atoms with Gasteiger partial charge >= 0.3 is 0 Å². The molecule has 0 aliphatic rings. The summed E-state index contributed by atoms with van der Waals surface area (Å²) in [6, 6.07) is 9.20. The van der Waals surface area contributed by atoms with Crippen LogP contribution >= 0.6 is 15.9 Å². The first kappa shape index (κ1) is 18.0. The van der Waals surface area contributed by atoms with Gasteiger partial charge in [0.2, 0.25) is 5.91 Å². The zero-order chi connectivity index (χ0) is 17.4. The van der Waals surface area contributed by atoms with Gasteiger partial charge in [0.05, 0.1) is 13.2 Å². The van der Waals surface area contributed by atoms with E-state index in [0.29, 0.717) is 17.6 Å². The first-order valence-electron chi connectivity index (χ1n) is 7.24. The van der Waals surface area contributed by atoms with Crippen molar-refractivity contribution in [2.24, 2.45) is 0 Å². The number of halogens is 2. The van der Waals surface area contributed by atoms with E-state index in [0.717, 1.165) is 0 Å². The summed E-state index contributed by atoms with van der Waals surface area (Å²) in [5.74, 6) is -0.930. The van der Waals surface area contributed by atoms with Gasteiger partial charge in [0.15, 0.2) is 22.0 Å². The number of benzene rings is 1. The molecule has 0 fully saturated rings. The molecule has 1 heterocycles. The van der Waals surface area contributed by atoms with Crippen LogP contribution in [0.1, 0.15) is 17.0 Å². The van der Waals surface area contributed by atoms with Gasteiger partial charge in [0, 0.05) is 6.54 Å². The van der Waals surface area contributed by atoms with E-state index in [4.69, 9.17) is 9.15 Å². The number of carbonyl (C=O) groups is 2. The fourth-order valence-corrected chi connectivity index (χ4v) is 2.10. The minimum Gasteiger partial charge on any atom is -0.490 e. The second-order valence-corrected chi connectivity index (χ2v) is 5.55. The molecule has 0 spiro atoms. The van der Waals surface area contributed by atoms with Crippen molar-refractivity contribution in [2.75, 3.05) is 19.7 Å². The van der Waals surface area contributed by atoms with Crippen LogP contribution in [0, 0.1) is 5.82 Å². The quantitative estimate of drug-likeness (QED) is 0.669. The van der Waals surface area contributed by atoms with Crippen LogP contribution in [0.2, 0.25) is 0 Å². The van der Waals surface area contributed by atoms with Crippen molar-refractivity contribution >= 4 is 27.7 Å². The SMILES string of the molecule is O=C(CNC(=O)c1ccc(Br)o1)NCCCOc1ccccc1F. The lowest BCUT2D eigenvalue weighted by Gasteiger charge is -2.08. The molecule has 128 valence electrons. The van der Waals surface area contributed by atoms with Crippen molar-refractivity contribution in [2.45, 2.75) is 6.42 Å². The van der Waals surface area contributed by atoms with Crippen LogP contribution in [0.3, 0.4) is 0 Å². The number of ether oxygens (including phenoxy) is 1. The molecule has 6 nitrogen and oxygen atoms in total. The van der Waals surface area contributed by atoms with Crippen molar-refractivity contribution in [1.82, 2.24) is 10.6 Å². The normalized spacial score (nSPS) is 10.2. The van der Waals surface area contributed by atoms with E-state index >= 15 is 0 Å². The second kappa shape index (κ2) is 9.07. The molecule has 2 N–H and O–H groups in total. The highest BCUT2D eigenvalue weighted by Gasteiger charge is 2.11. The fourth-order valence-electron chi connectivity index (χ4n) is 1.79. The van der Waals surface area contributed by atoms with Gasteiger partial charge in [-0.15, -0.1) is 0 Å². The number of carbonyl (C=O) groups excluding carboxylic acids is 2. The van der Waals surface area contributed by atoms with E-state index in [1.54, 1.807) is 18.2 Å². The van der Waals surface area contributed by atoms with Crippen molar-refractivity contribution < 1.29 is 23.1 Å². The Hall–Kier alpha value is -2.35. The van der Waals surface area contributed by atoms with E-state index < -0.39 is 11.7 Å². The van der Waals surface area contributed by atoms with E-state index in [9.17, 15) is 14.0 Å². The standard InChI is InChI=1S/C16H16BrFN2O4/c17-14-7-6-13(24-14)16(22)20-10-15(21)19-8-3-9-23-12-5-2-1-4-11(12)18/h1-2,4-7H,3,8-10H2,(H,19,21)(H,20,22). The van der Waals surface area contributed by atoms with Crippen LogP contribution in [-0.2, 0) is 4.79 Å². The number of nitrogens with one attached hydrogen (secondary N) is 2. The predicted octanol–water partition coefficient (Wildman–Crippen LogP) is 2.50. The lowest BCUT2D eigenvalue weighted by molar-refractivity contribution is -0.120. The van der Waals surface area contributed by atoms with Crippen LogP contribution in [0.5, 0.6) is 5.75 Å². The first-order valence-corrected chi connectivity index (χ1v) is 8.03. The zero-order valence-corrected chi connectivity index (χ0v) is 14.3. The summed E-state index contributed by atoms with van der Waals surface area (Å²) in [5, 5.41) is 5.07. The molecule has 2 amide bonds. The fraction of sp³-hybridized carbons (Fsp3) is 0.250. The van der Waals surface area contributed by atoms with E-state index in [2.05, 4.69) is 26.6 Å². The maximum Gasteiger partial charge on any atom is 0.287 e. The Kier molecular flexibility index (Phi) is 6.80. The van der Waals surface area contributed by atoms with Gasteiger partial charge in [-0.2, -0.15) is 0 Å². The second-order valence-electron chi connectivity index (χ2n) is 4.77. The maximum atomic E-state index is 13.3. The van der Waals surface area contributed by atoms with Crippen molar-refractivity contribution in [3.05, 3.63) is 52.6 Å². The molecule has 24 heavy (non-hydrogen) atoms. The predicted molar refractivity (Wildman–Crippen MR) is 88.3 cm³/mol. The Morgan fingerprint density at radius 1 is 1.17 bits per heavy atom. The van der Waals surface area contributed by atoms with Gasteiger partial charge in [-0.05, 0) is 46.6 Å². The van der Waals surface area contributed by atoms with Gasteiger partial charge in [-0.25, -0.2) is 4.39 Å². The maximum absolute atomic E-state index is 13.3. The molecule has 2 aromatic rings. The number of furan rings is 1. The molecular weight excluding hydrogens is 383 g/mol. The van der Waals surface area contributed by atoms with E-state index in [1.807, 2.05) is 0 Å². The Labute approximate surface area is 146 Å². The van der Waals surface area contributed by atoms with Crippen LogP contribution in [0.4, 0.5) is 4.39 Å². The molecule has 0 radical (unpaired) electrons. The van der Waals surface area contributed by atoms with Crippen LogP contribution < -0.4 is 15.4 Å². The Balaban J connectivity index is 1.58. The Morgan fingerprint density at radius 2 is 1.96 bits per heavy atom. The Morgan fingerprint density at radius 3 is 2.67 bits per heavy atom. The van der Waals surface area contributed by atoms with Crippen LogP contribution in [0.15, 0.2) is 45.5 Å². The summed E-state index contributed by atoms with van der Waals surface area (Å²) in [5.41, 5.74) is 0. The van der Waals surface area contributed by atoms with Gasteiger partial charge in [-0.1, -0.05) is 12.1 Å². The minimum atomic E-state index is -0.473. The van der Waals surface area contributed by atoms with E-state index in [-0.39, 0.29) is 30.6 Å². The molecule has 1 aromatic heterocycles. The van der Waals surface area contributed by atoms with Crippen LogP contribution in [-0.4, -0.2) is 31.5 Å². The molecule has 0 atom stereocenters. The molecule has 0 aliphatic heterocycles. The minimum absolute atomic E-state index is 0.118. The van der Waals surface area contributed by atoms with Crippen LogP contribution in [0.25, 0.3) is 0 Å². The summed E-state index contributed by atoms with van der Waals surface area (Å²) in [7, 11) is 0. The lowest BCUT2D eigenvalue weighted by atomic mass is 10.3. The molecular formula is C16H16BrFN2O4. The highest BCUT2D eigenvalue weighted by Crippen LogP contribution is 2.15. The summed E-state index contributed by atoms with van der Waals surface area (Å²) < 4.78 is 24.1. The number of amides is 2. The molecule has 1 aromatic carbocycles. The number of para-hydroxylation sites is 1. The highest BCUT2D eigenvalue weighted by atomic mass is 79.9. The van der Waals surface area contributed by atoms with Crippen molar-refractivity contribution in [3.63, 3.8) is 0 Å². The highest BCUT2D eigenvalue weighted by molar-refractivity contribution is 9.10. The molecule has 0 unspecified atom stereocenters. The first-order chi connectivity index (χ1) is 11.6. The van der Waals surface area contributed by atoms with Gasteiger partial charge in [0.25, 0.3) is 5.91 Å². The number of rotatable bonds is 8.